The molecule has 0 aromatic carbocycles. The summed E-state index contributed by atoms with van der Waals surface area (Å²) in [7, 11) is 0. The Morgan fingerprint density at radius 1 is 1.64 bits per heavy atom. The van der Waals surface area contributed by atoms with Crippen molar-refractivity contribution in [3.8, 4) is 0 Å². The van der Waals surface area contributed by atoms with Gasteiger partial charge in [-0.05, 0) is 33.6 Å². The maximum absolute atomic E-state index is 11.6. The molecule has 4 heteroatoms. The Morgan fingerprint density at radius 3 is 2.71 bits per heavy atom. The molecule has 1 rings (SSSR count). The largest absolute Gasteiger partial charge is 0.388 e. The summed E-state index contributed by atoms with van der Waals surface area (Å²) in [6, 6.07) is -0.265. The molecule has 1 fully saturated rings. The van der Waals surface area contributed by atoms with Crippen LogP contribution in [0.5, 0.6) is 0 Å². The summed E-state index contributed by atoms with van der Waals surface area (Å²) in [6.07, 6.45) is 1.40. The van der Waals surface area contributed by atoms with E-state index in [0.717, 1.165) is 12.8 Å². The highest BCUT2D eigenvalue weighted by Crippen LogP contribution is 2.13. The highest BCUT2D eigenvalue weighted by molar-refractivity contribution is 5.81. The van der Waals surface area contributed by atoms with Crippen molar-refractivity contribution in [1.29, 1.82) is 0 Å². The predicted molar refractivity (Wildman–Crippen MR) is 52.9 cm³/mol. The number of rotatable bonds is 3. The van der Waals surface area contributed by atoms with E-state index in [4.69, 9.17) is 4.74 Å². The Kier molecular flexibility index (Phi) is 3.50. The lowest BCUT2D eigenvalue weighted by Gasteiger charge is -2.27. The minimum absolute atomic E-state index is 0.114. The first-order chi connectivity index (χ1) is 6.41. The number of hydrogen-bond donors (Lipinski definition) is 2. The smallest absolute Gasteiger partial charge is 0.249 e. The van der Waals surface area contributed by atoms with Crippen LogP contribution in [0.3, 0.4) is 0 Å². The number of amides is 1. The fourth-order valence-electron chi connectivity index (χ4n) is 1.27. The molecule has 2 unspecified atom stereocenters. The zero-order chi connectivity index (χ0) is 10.8. The van der Waals surface area contributed by atoms with Gasteiger partial charge in [-0.15, -0.1) is 0 Å². The maximum Gasteiger partial charge on any atom is 0.249 e. The number of carbonyl (C=O) groups is 1. The number of hydrogen-bond acceptors (Lipinski definition) is 3. The molecule has 1 heterocycles. The third-order valence-electron chi connectivity index (χ3n) is 2.64. The molecule has 14 heavy (non-hydrogen) atoms. The average molecular weight is 201 g/mol. The maximum atomic E-state index is 11.6. The van der Waals surface area contributed by atoms with Gasteiger partial charge in [0.2, 0.25) is 5.91 Å². The molecular formula is C10H19NO3. The van der Waals surface area contributed by atoms with Crippen LogP contribution in [0.4, 0.5) is 0 Å². The zero-order valence-electron chi connectivity index (χ0n) is 9.04. The van der Waals surface area contributed by atoms with Gasteiger partial charge in [-0.2, -0.15) is 0 Å². The van der Waals surface area contributed by atoms with Crippen molar-refractivity contribution >= 4 is 5.91 Å². The van der Waals surface area contributed by atoms with E-state index in [0.29, 0.717) is 6.61 Å². The monoisotopic (exact) mass is 201 g/mol. The van der Waals surface area contributed by atoms with Gasteiger partial charge < -0.3 is 15.2 Å². The topological polar surface area (TPSA) is 58.6 Å². The van der Waals surface area contributed by atoms with Gasteiger partial charge in [0.1, 0.15) is 6.10 Å². The Bertz CT molecular complexity index is 204. The van der Waals surface area contributed by atoms with Crippen LogP contribution in [-0.2, 0) is 9.53 Å². The minimum atomic E-state index is -0.895. The van der Waals surface area contributed by atoms with E-state index >= 15 is 0 Å². The fourth-order valence-corrected chi connectivity index (χ4v) is 1.27. The van der Waals surface area contributed by atoms with Crippen molar-refractivity contribution < 1.29 is 14.6 Å². The number of carbonyl (C=O) groups excluding carboxylic acids is 1. The van der Waals surface area contributed by atoms with Crippen molar-refractivity contribution in [1.82, 2.24) is 5.32 Å². The van der Waals surface area contributed by atoms with Crippen molar-refractivity contribution in [2.24, 2.45) is 0 Å². The summed E-state index contributed by atoms with van der Waals surface area (Å²) < 4.78 is 5.23. The van der Waals surface area contributed by atoms with E-state index in [2.05, 4.69) is 5.32 Å². The van der Waals surface area contributed by atoms with E-state index in [9.17, 15) is 9.90 Å². The second-order valence-corrected chi connectivity index (χ2v) is 4.39. The van der Waals surface area contributed by atoms with Gasteiger partial charge >= 0.3 is 0 Å². The first-order valence-electron chi connectivity index (χ1n) is 5.05. The van der Waals surface area contributed by atoms with E-state index in [1.54, 1.807) is 20.8 Å². The van der Waals surface area contributed by atoms with Crippen LogP contribution in [0.15, 0.2) is 0 Å². The molecule has 1 saturated heterocycles. The van der Waals surface area contributed by atoms with Gasteiger partial charge in [0.15, 0.2) is 0 Å². The predicted octanol–water partition coefficient (Wildman–Crippen LogP) is 0.441. The van der Waals surface area contributed by atoms with Crippen molar-refractivity contribution in [2.45, 2.75) is 51.4 Å². The number of ether oxygens (including phenoxy) is 1. The molecule has 2 atom stereocenters. The minimum Gasteiger partial charge on any atom is -0.388 e. The lowest BCUT2D eigenvalue weighted by Crippen LogP contribution is -2.50. The van der Waals surface area contributed by atoms with Gasteiger partial charge in [-0.1, -0.05) is 0 Å². The summed E-state index contributed by atoms with van der Waals surface area (Å²) in [5.74, 6) is -0.114. The summed E-state index contributed by atoms with van der Waals surface area (Å²) in [6.45, 7) is 5.79. The van der Waals surface area contributed by atoms with Crippen LogP contribution in [0.1, 0.15) is 33.6 Å². The quantitative estimate of drug-likeness (QED) is 0.696. The standard InChI is InChI=1S/C10H19NO3/c1-7(10(2,3)13)11-9(12)8-5-4-6-14-8/h7-8,13H,4-6H2,1-3H3,(H,11,12). The molecule has 0 aliphatic carbocycles. The molecule has 4 nitrogen and oxygen atoms in total. The molecule has 82 valence electrons. The van der Waals surface area contributed by atoms with E-state index in [1.807, 2.05) is 0 Å². The number of aliphatic hydroxyl groups is 1. The molecule has 1 aliphatic rings. The van der Waals surface area contributed by atoms with Crippen molar-refractivity contribution in [3.05, 3.63) is 0 Å². The molecule has 0 saturated carbocycles. The molecule has 0 aromatic rings. The van der Waals surface area contributed by atoms with Crippen LogP contribution < -0.4 is 5.32 Å². The summed E-state index contributed by atoms with van der Waals surface area (Å²) in [5, 5.41) is 12.4. The highest BCUT2D eigenvalue weighted by Gasteiger charge is 2.29. The Hall–Kier alpha value is -0.610. The van der Waals surface area contributed by atoms with Crippen LogP contribution in [0.2, 0.25) is 0 Å². The van der Waals surface area contributed by atoms with Crippen molar-refractivity contribution in [3.63, 3.8) is 0 Å². The average Bonchev–Trinajstić information content (AvgIpc) is 2.53. The molecule has 0 spiro atoms. The normalized spacial score (nSPS) is 24.7. The van der Waals surface area contributed by atoms with E-state index < -0.39 is 5.60 Å². The zero-order valence-corrected chi connectivity index (χ0v) is 9.04. The second-order valence-electron chi connectivity index (χ2n) is 4.39. The van der Waals surface area contributed by atoms with Gasteiger partial charge in [0.05, 0.1) is 11.6 Å². The second kappa shape index (κ2) is 4.28. The van der Waals surface area contributed by atoms with Gasteiger partial charge in [-0.3, -0.25) is 4.79 Å². The number of nitrogens with one attached hydrogen (secondary N) is 1. The Labute approximate surface area is 84.6 Å². The third kappa shape index (κ3) is 2.96. The molecule has 0 bridgehead atoms. The van der Waals surface area contributed by atoms with Gasteiger partial charge in [-0.25, -0.2) is 0 Å². The lowest BCUT2D eigenvalue weighted by atomic mass is 10.0. The van der Waals surface area contributed by atoms with Crippen LogP contribution in [0.25, 0.3) is 0 Å². The Balaban J connectivity index is 2.40. The molecule has 0 radical (unpaired) electrons. The van der Waals surface area contributed by atoms with Gasteiger partial charge in [0, 0.05) is 6.61 Å². The van der Waals surface area contributed by atoms with Crippen LogP contribution in [-0.4, -0.2) is 35.4 Å². The SMILES string of the molecule is CC(NC(=O)C1CCCO1)C(C)(C)O. The molecule has 1 amide bonds. The Morgan fingerprint density at radius 2 is 2.29 bits per heavy atom. The molecule has 2 N–H and O–H groups in total. The molecule has 1 aliphatic heterocycles. The third-order valence-corrected chi connectivity index (χ3v) is 2.64. The first kappa shape index (κ1) is 11.5. The summed E-state index contributed by atoms with van der Waals surface area (Å²) in [4.78, 5) is 11.6. The summed E-state index contributed by atoms with van der Waals surface area (Å²) in [5.41, 5.74) is -0.895. The van der Waals surface area contributed by atoms with Crippen molar-refractivity contribution in [2.75, 3.05) is 6.61 Å². The van der Waals surface area contributed by atoms with E-state index in [-0.39, 0.29) is 18.1 Å². The highest BCUT2D eigenvalue weighted by atomic mass is 16.5. The summed E-state index contributed by atoms with van der Waals surface area (Å²) >= 11 is 0. The molecule has 0 aromatic heterocycles. The van der Waals surface area contributed by atoms with E-state index in [1.165, 1.54) is 0 Å². The van der Waals surface area contributed by atoms with Crippen LogP contribution >= 0.6 is 0 Å². The fraction of sp³-hybridized carbons (Fsp3) is 0.900. The van der Waals surface area contributed by atoms with Crippen LogP contribution in [0, 0.1) is 0 Å². The van der Waals surface area contributed by atoms with Gasteiger partial charge in [0.25, 0.3) is 0 Å². The molecular weight excluding hydrogens is 182 g/mol. The lowest BCUT2D eigenvalue weighted by molar-refractivity contribution is -0.132. The first-order valence-corrected chi connectivity index (χ1v) is 5.05.